The van der Waals surface area contributed by atoms with Crippen LogP contribution in [0.5, 0.6) is 0 Å². The van der Waals surface area contributed by atoms with Crippen LogP contribution in [0.3, 0.4) is 0 Å². The van der Waals surface area contributed by atoms with Gasteiger partial charge in [-0.2, -0.15) is 12.7 Å². The van der Waals surface area contributed by atoms with Gasteiger partial charge in [-0.1, -0.05) is 0 Å². The van der Waals surface area contributed by atoms with Gasteiger partial charge < -0.3 is 5.73 Å². The molecule has 1 rings (SSSR count). The van der Waals surface area contributed by atoms with Crippen molar-refractivity contribution in [2.75, 3.05) is 20.1 Å². The SMILES string of the molecule is CC(C)N(C)S(=O)(=O)NCC1(CCN)CC1. The minimum absolute atomic E-state index is 0.0258. The van der Waals surface area contributed by atoms with Crippen molar-refractivity contribution < 1.29 is 8.42 Å². The van der Waals surface area contributed by atoms with Gasteiger partial charge in [0.2, 0.25) is 0 Å². The van der Waals surface area contributed by atoms with E-state index in [2.05, 4.69) is 4.72 Å². The zero-order valence-electron chi connectivity index (χ0n) is 10.4. The highest BCUT2D eigenvalue weighted by Crippen LogP contribution is 2.47. The first kappa shape index (κ1) is 13.9. The highest BCUT2D eigenvalue weighted by atomic mass is 32.2. The van der Waals surface area contributed by atoms with Crippen LogP contribution in [-0.4, -0.2) is 38.9 Å². The molecule has 16 heavy (non-hydrogen) atoms. The fourth-order valence-corrected chi connectivity index (χ4v) is 2.87. The Morgan fingerprint density at radius 3 is 2.38 bits per heavy atom. The summed E-state index contributed by atoms with van der Waals surface area (Å²) in [7, 11) is -1.74. The summed E-state index contributed by atoms with van der Waals surface area (Å²) in [4.78, 5) is 0. The maximum absolute atomic E-state index is 11.8. The van der Waals surface area contributed by atoms with Crippen molar-refractivity contribution in [1.29, 1.82) is 0 Å². The van der Waals surface area contributed by atoms with Crippen LogP contribution >= 0.6 is 0 Å². The molecule has 0 radical (unpaired) electrons. The lowest BCUT2D eigenvalue weighted by Crippen LogP contribution is -2.44. The summed E-state index contributed by atoms with van der Waals surface area (Å²) in [6.07, 6.45) is 3.07. The van der Waals surface area contributed by atoms with E-state index in [4.69, 9.17) is 5.73 Å². The van der Waals surface area contributed by atoms with Gasteiger partial charge in [0.25, 0.3) is 10.2 Å². The average molecular weight is 249 g/mol. The second-order valence-electron chi connectivity index (χ2n) is 4.97. The van der Waals surface area contributed by atoms with Gasteiger partial charge in [-0.05, 0) is 45.1 Å². The van der Waals surface area contributed by atoms with Gasteiger partial charge in [0.1, 0.15) is 0 Å². The van der Waals surface area contributed by atoms with Crippen LogP contribution in [0.1, 0.15) is 33.1 Å². The molecule has 0 atom stereocenters. The highest BCUT2D eigenvalue weighted by Gasteiger charge is 2.42. The Kier molecular flexibility index (Phi) is 4.34. The number of nitrogens with one attached hydrogen (secondary N) is 1. The first-order valence-corrected chi connectivity index (χ1v) is 7.20. The number of hydrogen-bond donors (Lipinski definition) is 2. The molecule has 1 aliphatic rings. The molecule has 1 saturated carbocycles. The van der Waals surface area contributed by atoms with Crippen molar-refractivity contribution >= 4 is 10.2 Å². The first-order chi connectivity index (χ1) is 7.33. The van der Waals surface area contributed by atoms with Crippen molar-refractivity contribution in [3.05, 3.63) is 0 Å². The Morgan fingerprint density at radius 1 is 1.44 bits per heavy atom. The van der Waals surface area contributed by atoms with E-state index in [0.717, 1.165) is 19.3 Å². The molecule has 3 N–H and O–H groups in total. The van der Waals surface area contributed by atoms with Crippen LogP contribution in [0.2, 0.25) is 0 Å². The average Bonchev–Trinajstić information content (AvgIpc) is 2.95. The van der Waals surface area contributed by atoms with E-state index >= 15 is 0 Å². The van der Waals surface area contributed by atoms with Gasteiger partial charge in [0.15, 0.2) is 0 Å². The maximum atomic E-state index is 11.8. The lowest BCUT2D eigenvalue weighted by Gasteiger charge is -2.23. The molecule has 0 bridgehead atoms. The molecule has 1 fully saturated rings. The Morgan fingerprint density at radius 2 is 2.00 bits per heavy atom. The lowest BCUT2D eigenvalue weighted by molar-refractivity contribution is 0.390. The van der Waals surface area contributed by atoms with Crippen molar-refractivity contribution in [1.82, 2.24) is 9.03 Å². The van der Waals surface area contributed by atoms with Crippen LogP contribution in [0, 0.1) is 5.41 Å². The van der Waals surface area contributed by atoms with E-state index in [0.29, 0.717) is 13.1 Å². The monoisotopic (exact) mass is 249 g/mol. The molecule has 0 aromatic rings. The molecule has 6 heteroatoms. The molecule has 0 unspecified atom stereocenters. The van der Waals surface area contributed by atoms with E-state index in [-0.39, 0.29) is 11.5 Å². The third-order valence-corrected chi connectivity index (χ3v) is 5.06. The summed E-state index contributed by atoms with van der Waals surface area (Å²) in [5.74, 6) is 0. The fraction of sp³-hybridized carbons (Fsp3) is 1.00. The van der Waals surface area contributed by atoms with Gasteiger partial charge in [0.05, 0.1) is 0 Å². The second-order valence-corrected chi connectivity index (χ2v) is 6.79. The van der Waals surface area contributed by atoms with Gasteiger partial charge in [-0.3, -0.25) is 0 Å². The number of nitrogens with zero attached hydrogens (tertiary/aromatic N) is 1. The number of rotatable bonds is 7. The summed E-state index contributed by atoms with van der Waals surface area (Å²) in [6, 6.07) is -0.0258. The molecule has 0 aromatic heterocycles. The molecule has 5 nitrogen and oxygen atoms in total. The normalized spacial score (nSPS) is 19.4. The van der Waals surface area contributed by atoms with Crippen molar-refractivity contribution in [2.45, 2.75) is 39.2 Å². The topological polar surface area (TPSA) is 75.4 Å². The zero-order valence-corrected chi connectivity index (χ0v) is 11.2. The summed E-state index contributed by atoms with van der Waals surface area (Å²) >= 11 is 0. The first-order valence-electron chi connectivity index (χ1n) is 5.76. The van der Waals surface area contributed by atoms with Crippen LogP contribution in [-0.2, 0) is 10.2 Å². The second kappa shape index (κ2) is 5.00. The molecule has 0 spiro atoms. The summed E-state index contributed by atoms with van der Waals surface area (Å²) in [5, 5.41) is 0. The van der Waals surface area contributed by atoms with Crippen LogP contribution < -0.4 is 10.5 Å². The highest BCUT2D eigenvalue weighted by molar-refractivity contribution is 7.87. The largest absolute Gasteiger partial charge is 0.330 e. The third kappa shape index (κ3) is 3.41. The Bertz CT molecular complexity index is 323. The molecule has 0 heterocycles. The zero-order chi connectivity index (χ0) is 12.4. The Balaban J connectivity index is 2.48. The minimum atomic E-state index is -3.33. The van der Waals surface area contributed by atoms with Crippen molar-refractivity contribution in [3.63, 3.8) is 0 Å². The molecule has 0 aliphatic heterocycles. The van der Waals surface area contributed by atoms with Crippen LogP contribution in [0.15, 0.2) is 0 Å². The van der Waals surface area contributed by atoms with Crippen molar-refractivity contribution in [2.24, 2.45) is 11.1 Å². The van der Waals surface area contributed by atoms with E-state index in [1.807, 2.05) is 13.8 Å². The van der Waals surface area contributed by atoms with Gasteiger partial charge in [0, 0.05) is 19.6 Å². The maximum Gasteiger partial charge on any atom is 0.279 e. The van der Waals surface area contributed by atoms with E-state index < -0.39 is 10.2 Å². The molecule has 1 aliphatic carbocycles. The van der Waals surface area contributed by atoms with E-state index in [1.165, 1.54) is 4.31 Å². The smallest absolute Gasteiger partial charge is 0.279 e. The molecular weight excluding hydrogens is 226 g/mol. The molecule has 0 aromatic carbocycles. The van der Waals surface area contributed by atoms with Gasteiger partial charge in [-0.25, -0.2) is 4.72 Å². The van der Waals surface area contributed by atoms with Crippen LogP contribution in [0.25, 0.3) is 0 Å². The number of hydrogen-bond acceptors (Lipinski definition) is 3. The Labute approximate surface area is 98.6 Å². The van der Waals surface area contributed by atoms with Gasteiger partial charge in [-0.15, -0.1) is 0 Å². The fourth-order valence-electron chi connectivity index (χ4n) is 1.62. The summed E-state index contributed by atoms with van der Waals surface area (Å²) in [5.41, 5.74) is 5.65. The predicted octanol–water partition coefficient (Wildman–Crippen LogP) is 0.290. The molecule has 96 valence electrons. The minimum Gasteiger partial charge on any atom is -0.330 e. The third-order valence-electron chi connectivity index (χ3n) is 3.37. The predicted molar refractivity (Wildman–Crippen MR) is 65.2 cm³/mol. The van der Waals surface area contributed by atoms with Gasteiger partial charge >= 0.3 is 0 Å². The standard InChI is InChI=1S/C10H23N3O2S/c1-9(2)13(3)16(14,15)12-8-10(4-5-10)6-7-11/h9,12H,4-8,11H2,1-3H3. The Hall–Kier alpha value is -0.170. The lowest BCUT2D eigenvalue weighted by atomic mass is 10.0. The quantitative estimate of drug-likeness (QED) is 0.681. The van der Waals surface area contributed by atoms with E-state index in [9.17, 15) is 8.42 Å². The molecular formula is C10H23N3O2S. The van der Waals surface area contributed by atoms with Crippen LogP contribution in [0.4, 0.5) is 0 Å². The summed E-state index contributed by atoms with van der Waals surface area (Å²) in [6.45, 7) is 4.85. The van der Waals surface area contributed by atoms with Crippen molar-refractivity contribution in [3.8, 4) is 0 Å². The number of nitrogens with two attached hydrogens (primary N) is 1. The summed E-state index contributed by atoms with van der Waals surface area (Å²) < 4.78 is 27.7. The van der Waals surface area contributed by atoms with E-state index in [1.54, 1.807) is 7.05 Å². The molecule has 0 saturated heterocycles. The molecule has 0 amide bonds.